The fraction of sp³-hybridized carbons (Fsp3) is 0.433. The van der Waals surface area contributed by atoms with E-state index in [-0.39, 0.29) is 6.61 Å². The summed E-state index contributed by atoms with van der Waals surface area (Å²) < 4.78 is 11.7. The highest BCUT2D eigenvalue weighted by Crippen LogP contribution is 2.38. The average Bonchev–Trinajstić information content (AvgIpc) is 2.95. The van der Waals surface area contributed by atoms with Gasteiger partial charge in [0.15, 0.2) is 5.75 Å². The number of rotatable bonds is 10. The molecule has 2 fully saturated rings. The van der Waals surface area contributed by atoms with Crippen LogP contribution in [0.1, 0.15) is 36.2 Å². The summed E-state index contributed by atoms with van der Waals surface area (Å²) in [6.07, 6.45) is 1.81. The van der Waals surface area contributed by atoms with E-state index in [1.54, 1.807) is 0 Å². The molecular formula is C30H34Cl2N6O2. The van der Waals surface area contributed by atoms with E-state index in [1.807, 2.05) is 48.7 Å². The average molecular weight is 582 g/mol. The fourth-order valence-electron chi connectivity index (χ4n) is 5.05. The van der Waals surface area contributed by atoms with Crippen molar-refractivity contribution in [2.75, 3.05) is 56.7 Å². The minimum absolute atomic E-state index is 0.284. The number of halogens is 2. The van der Waals surface area contributed by atoms with Gasteiger partial charge in [0, 0.05) is 56.9 Å². The second-order valence-corrected chi connectivity index (χ2v) is 11.4. The van der Waals surface area contributed by atoms with Crippen molar-refractivity contribution in [3.8, 4) is 17.6 Å². The number of ether oxygens (including phenoxy) is 2. The van der Waals surface area contributed by atoms with Crippen LogP contribution in [-0.4, -0.2) is 72.7 Å². The molecule has 0 saturated carbocycles. The first-order valence-corrected chi connectivity index (χ1v) is 14.5. The van der Waals surface area contributed by atoms with Crippen molar-refractivity contribution < 1.29 is 9.47 Å². The Bertz CT molecular complexity index is 1350. The molecule has 2 aliphatic rings. The Kier molecular flexibility index (Phi) is 8.97. The maximum Gasteiger partial charge on any atom is 0.225 e. The lowest BCUT2D eigenvalue weighted by Crippen LogP contribution is -2.61. The van der Waals surface area contributed by atoms with Crippen LogP contribution in [0.2, 0.25) is 5.02 Å². The Morgan fingerprint density at radius 1 is 1.05 bits per heavy atom. The first-order chi connectivity index (χ1) is 19.4. The van der Waals surface area contributed by atoms with Crippen molar-refractivity contribution in [2.24, 2.45) is 0 Å². The van der Waals surface area contributed by atoms with E-state index in [9.17, 15) is 5.26 Å². The van der Waals surface area contributed by atoms with Gasteiger partial charge in [-0.1, -0.05) is 37.6 Å². The first-order valence-electron chi connectivity index (χ1n) is 13.6. The number of nitrogens with one attached hydrogen (secondary N) is 1. The fourth-order valence-corrected chi connectivity index (χ4v) is 5.40. The lowest BCUT2D eigenvalue weighted by Gasteiger charge is -2.43. The highest BCUT2D eigenvalue weighted by atomic mass is 35.5. The monoisotopic (exact) mass is 580 g/mol. The highest BCUT2D eigenvalue weighted by Gasteiger charge is 2.29. The maximum atomic E-state index is 9.67. The zero-order valence-electron chi connectivity index (χ0n) is 22.9. The molecule has 1 aromatic heterocycles. The Morgan fingerprint density at radius 3 is 2.45 bits per heavy atom. The number of benzene rings is 2. The summed E-state index contributed by atoms with van der Waals surface area (Å²) in [6.45, 7) is 11.0. The van der Waals surface area contributed by atoms with Crippen LogP contribution in [0.4, 0.5) is 5.95 Å². The molecule has 2 aliphatic heterocycles. The van der Waals surface area contributed by atoms with Crippen molar-refractivity contribution in [2.45, 2.75) is 31.9 Å². The summed E-state index contributed by atoms with van der Waals surface area (Å²) in [5, 5.41) is 13.4. The van der Waals surface area contributed by atoms with Crippen LogP contribution in [0.3, 0.4) is 0 Å². The lowest BCUT2D eigenvalue weighted by molar-refractivity contribution is 0.137. The van der Waals surface area contributed by atoms with Gasteiger partial charge in [-0.3, -0.25) is 4.90 Å². The van der Waals surface area contributed by atoms with Crippen molar-refractivity contribution in [1.29, 1.82) is 5.26 Å². The molecule has 8 nitrogen and oxygen atoms in total. The summed E-state index contributed by atoms with van der Waals surface area (Å²) in [4.78, 5) is 14.1. The summed E-state index contributed by atoms with van der Waals surface area (Å²) >= 11 is 12.2. The summed E-state index contributed by atoms with van der Waals surface area (Å²) in [5.41, 5.74) is 2.81. The highest BCUT2D eigenvalue weighted by molar-refractivity contribution is 6.32. The molecule has 10 heteroatoms. The number of alkyl halides is 1. The topological polar surface area (TPSA) is 86.5 Å². The maximum absolute atomic E-state index is 9.67. The van der Waals surface area contributed by atoms with E-state index >= 15 is 0 Å². The molecule has 3 heterocycles. The van der Waals surface area contributed by atoms with Gasteiger partial charge >= 0.3 is 0 Å². The van der Waals surface area contributed by atoms with Crippen LogP contribution in [0, 0.1) is 11.3 Å². The number of hydrogen-bond donors (Lipinski definition) is 1. The Morgan fingerprint density at radius 2 is 1.80 bits per heavy atom. The minimum atomic E-state index is -0.403. The van der Waals surface area contributed by atoms with E-state index in [0.29, 0.717) is 34.9 Å². The quantitative estimate of drug-likeness (QED) is 0.348. The largest absolute Gasteiger partial charge is 0.489 e. The smallest absolute Gasteiger partial charge is 0.225 e. The van der Waals surface area contributed by atoms with Gasteiger partial charge in [-0.2, -0.15) is 5.26 Å². The van der Waals surface area contributed by atoms with E-state index in [2.05, 4.69) is 40.0 Å². The Labute approximate surface area is 245 Å². The van der Waals surface area contributed by atoms with Gasteiger partial charge < -0.3 is 19.7 Å². The third-order valence-electron chi connectivity index (χ3n) is 7.75. The van der Waals surface area contributed by atoms with Gasteiger partial charge in [-0.25, -0.2) is 9.97 Å². The molecule has 2 aromatic carbocycles. The van der Waals surface area contributed by atoms with Gasteiger partial charge in [-0.15, -0.1) is 11.6 Å². The number of anilines is 1. The molecular weight excluding hydrogens is 547 g/mol. The zero-order valence-corrected chi connectivity index (χ0v) is 24.4. The molecule has 210 valence electrons. The zero-order chi connectivity index (χ0) is 28.1. The third-order valence-corrected chi connectivity index (χ3v) is 8.18. The predicted molar refractivity (Wildman–Crippen MR) is 158 cm³/mol. The first kappa shape index (κ1) is 28.4. The van der Waals surface area contributed by atoms with E-state index in [1.165, 1.54) is 0 Å². The molecule has 0 atom stereocenters. The molecule has 0 spiro atoms. The SMILES string of the molecule is CC(C)(c1ccc(OCc2ccnc(N3CCN(C4CNC4)CC3)n2)cc1)c1cc(Cl)c(OCCCl)c(C#N)c1. The van der Waals surface area contributed by atoms with E-state index < -0.39 is 5.41 Å². The van der Waals surface area contributed by atoms with E-state index in [0.717, 1.165) is 67.8 Å². The van der Waals surface area contributed by atoms with Crippen molar-refractivity contribution >= 4 is 29.2 Å². The van der Waals surface area contributed by atoms with Crippen molar-refractivity contribution in [3.05, 3.63) is 76.1 Å². The van der Waals surface area contributed by atoms with Gasteiger partial charge in [0.05, 0.1) is 22.2 Å². The van der Waals surface area contributed by atoms with Crippen LogP contribution >= 0.6 is 23.2 Å². The Balaban J connectivity index is 1.21. The molecule has 0 amide bonds. The summed E-state index contributed by atoms with van der Waals surface area (Å²) in [6, 6.07) is 16.4. The standard InChI is InChI=1S/C30H34Cl2N6O2/c1-30(2,23-15-21(17-33)28(27(32)16-23)39-14-8-31)22-3-5-26(6-4-22)40-20-24-7-9-35-29(36-24)38-12-10-37(11-13-38)25-18-34-19-25/h3-7,9,15-16,25,34H,8,10-14,18-20H2,1-2H3. The molecule has 1 N–H and O–H groups in total. The van der Waals surface area contributed by atoms with Crippen LogP contribution in [0.25, 0.3) is 0 Å². The number of nitriles is 1. The molecule has 0 radical (unpaired) electrons. The predicted octanol–water partition coefficient (Wildman–Crippen LogP) is 4.62. The normalized spacial score (nSPS) is 16.3. The second kappa shape index (κ2) is 12.6. The molecule has 3 aromatic rings. The van der Waals surface area contributed by atoms with E-state index in [4.69, 9.17) is 37.7 Å². The second-order valence-electron chi connectivity index (χ2n) is 10.6. The van der Waals surface area contributed by atoms with Gasteiger partial charge in [0.25, 0.3) is 0 Å². The van der Waals surface area contributed by atoms with Crippen LogP contribution in [-0.2, 0) is 12.0 Å². The van der Waals surface area contributed by atoms with Crippen LogP contribution in [0.15, 0.2) is 48.7 Å². The summed E-state index contributed by atoms with van der Waals surface area (Å²) in [7, 11) is 0. The van der Waals surface area contributed by atoms with Crippen molar-refractivity contribution in [3.63, 3.8) is 0 Å². The van der Waals surface area contributed by atoms with Crippen molar-refractivity contribution in [1.82, 2.24) is 20.2 Å². The molecule has 2 saturated heterocycles. The number of aromatic nitrogens is 2. The Hall–Kier alpha value is -3.09. The molecule has 0 aliphatic carbocycles. The summed E-state index contributed by atoms with van der Waals surface area (Å²) in [5.74, 6) is 2.20. The molecule has 0 unspecified atom stereocenters. The molecule has 5 rings (SSSR count). The van der Waals surface area contributed by atoms with Crippen LogP contribution in [0.5, 0.6) is 11.5 Å². The molecule has 40 heavy (non-hydrogen) atoms. The number of hydrogen-bond acceptors (Lipinski definition) is 8. The van der Waals surface area contributed by atoms with Crippen LogP contribution < -0.4 is 19.7 Å². The van der Waals surface area contributed by atoms with Gasteiger partial charge in [0.1, 0.15) is 25.0 Å². The number of piperazine rings is 1. The van der Waals surface area contributed by atoms with Gasteiger partial charge in [0.2, 0.25) is 5.95 Å². The third kappa shape index (κ3) is 6.29. The molecule has 0 bridgehead atoms. The van der Waals surface area contributed by atoms with Gasteiger partial charge in [-0.05, 0) is 41.5 Å². The number of nitrogens with zero attached hydrogens (tertiary/aromatic N) is 5. The lowest BCUT2D eigenvalue weighted by atomic mass is 9.77. The minimum Gasteiger partial charge on any atom is -0.489 e.